The summed E-state index contributed by atoms with van der Waals surface area (Å²) in [6.07, 6.45) is 3.15. The second-order valence-electron chi connectivity index (χ2n) is 5.77. The summed E-state index contributed by atoms with van der Waals surface area (Å²) >= 11 is 0. The minimum atomic E-state index is -0.641. The number of ether oxygens (including phenoxy) is 3. The number of methoxy groups -OCH3 is 1. The van der Waals surface area contributed by atoms with Crippen LogP contribution in [0.2, 0.25) is 0 Å². The van der Waals surface area contributed by atoms with Gasteiger partial charge in [-0.25, -0.2) is 0 Å². The number of aromatic nitrogens is 2. The summed E-state index contributed by atoms with van der Waals surface area (Å²) < 4.78 is 18.5. The first-order valence-corrected chi connectivity index (χ1v) is 8.01. The molecule has 4 rings (SSSR count). The topological polar surface area (TPSA) is 71.7 Å². The van der Waals surface area contributed by atoms with Crippen LogP contribution in [0.1, 0.15) is 5.56 Å². The second-order valence-corrected chi connectivity index (χ2v) is 5.77. The molecular weight excluding hydrogens is 336 g/mol. The highest BCUT2D eigenvalue weighted by molar-refractivity contribution is 5.46. The van der Waals surface area contributed by atoms with Crippen molar-refractivity contribution in [3.63, 3.8) is 0 Å². The van der Waals surface area contributed by atoms with Gasteiger partial charge in [-0.1, -0.05) is 18.2 Å². The Morgan fingerprint density at radius 3 is 2.65 bits per heavy atom. The second kappa shape index (κ2) is 6.44. The lowest BCUT2D eigenvalue weighted by Crippen LogP contribution is -2.40. The van der Waals surface area contributed by atoms with Crippen molar-refractivity contribution < 1.29 is 14.2 Å². The van der Waals surface area contributed by atoms with Crippen molar-refractivity contribution in [1.82, 2.24) is 9.13 Å². The summed E-state index contributed by atoms with van der Waals surface area (Å²) in [6, 6.07) is 12.5. The van der Waals surface area contributed by atoms with Gasteiger partial charge in [-0.2, -0.15) is 0 Å². The summed E-state index contributed by atoms with van der Waals surface area (Å²) in [5.41, 5.74) is 0.104. The number of nitrogens with zero attached hydrogens (tertiary/aromatic N) is 2. The van der Waals surface area contributed by atoms with E-state index in [1.807, 2.05) is 6.07 Å². The fraction of sp³-hybridized carbons (Fsp3) is 0.158. The van der Waals surface area contributed by atoms with E-state index in [9.17, 15) is 9.59 Å². The van der Waals surface area contributed by atoms with Gasteiger partial charge < -0.3 is 18.8 Å². The molecule has 0 N–H and O–H groups in total. The van der Waals surface area contributed by atoms with Gasteiger partial charge >= 0.3 is 11.1 Å². The number of rotatable bonds is 4. The van der Waals surface area contributed by atoms with Crippen molar-refractivity contribution in [2.24, 2.45) is 0 Å². The van der Waals surface area contributed by atoms with Crippen LogP contribution in [0.4, 0.5) is 0 Å². The van der Waals surface area contributed by atoms with Crippen molar-refractivity contribution in [3.8, 4) is 22.9 Å². The molecule has 2 aromatic carbocycles. The van der Waals surface area contributed by atoms with E-state index in [-0.39, 0.29) is 13.3 Å². The molecule has 132 valence electrons. The highest BCUT2D eigenvalue weighted by Crippen LogP contribution is 2.32. The molecule has 0 unspecified atom stereocenters. The predicted octanol–water partition coefficient (Wildman–Crippen LogP) is 1.78. The minimum absolute atomic E-state index is 0.188. The fourth-order valence-electron chi connectivity index (χ4n) is 2.89. The molecule has 0 radical (unpaired) electrons. The molecule has 7 nitrogen and oxygen atoms in total. The lowest BCUT2D eigenvalue weighted by atomic mass is 10.2. The summed E-state index contributed by atoms with van der Waals surface area (Å²) in [4.78, 5) is 25.1. The molecular formula is C19H16N2O5. The van der Waals surface area contributed by atoms with E-state index in [0.717, 1.165) is 5.56 Å². The largest absolute Gasteiger partial charge is 0.495 e. The van der Waals surface area contributed by atoms with Crippen LogP contribution in [0.25, 0.3) is 5.69 Å². The molecule has 0 aliphatic carbocycles. The number of fused-ring (bicyclic) bond motifs is 1. The Kier molecular flexibility index (Phi) is 3.96. The molecule has 1 aliphatic heterocycles. The van der Waals surface area contributed by atoms with Crippen LogP contribution in [-0.2, 0) is 6.54 Å². The van der Waals surface area contributed by atoms with E-state index >= 15 is 0 Å². The van der Waals surface area contributed by atoms with Crippen molar-refractivity contribution in [1.29, 1.82) is 0 Å². The number of benzene rings is 2. The average Bonchev–Trinajstić information content (AvgIpc) is 3.13. The van der Waals surface area contributed by atoms with E-state index in [1.54, 1.807) is 48.8 Å². The number of para-hydroxylation sites is 2. The SMILES string of the molecule is COc1ccccc1-n1ccn(Cc2ccc3c(c2)OCO3)c(=O)c1=O. The third-order valence-electron chi connectivity index (χ3n) is 4.19. The highest BCUT2D eigenvalue weighted by atomic mass is 16.7. The Morgan fingerprint density at radius 2 is 1.81 bits per heavy atom. The van der Waals surface area contributed by atoms with E-state index in [2.05, 4.69) is 0 Å². The predicted molar refractivity (Wildman–Crippen MR) is 94.5 cm³/mol. The first kappa shape index (κ1) is 16.0. The summed E-state index contributed by atoms with van der Waals surface area (Å²) in [7, 11) is 1.52. The molecule has 0 amide bonds. The molecule has 0 atom stereocenters. The number of hydrogen-bond donors (Lipinski definition) is 0. The molecule has 1 aromatic heterocycles. The maximum absolute atomic E-state index is 12.6. The van der Waals surface area contributed by atoms with Gasteiger partial charge in [0.05, 0.1) is 19.3 Å². The quantitative estimate of drug-likeness (QED) is 0.670. The van der Waals surface area contributed by atoms with Crippen LogP contribution in [0.15, 0.2) is 64.4 Å². The summed E-state index contributed by atoms with van der Waals surface area (Å²) in [5.74, 6) is 1.83. The van der Waals surface area contributed by atoms with Crippen LogP contribution in [0.5, 0.6) is 17.2 Å². The van der Waals surface area contributed by atoms with Gasteiger partial charge in [0.2, 0.25) is 6.79 Å². The molecule has 1 aliphatic rings. The molecule has 0 spiro atoms. The van der Waals surface area contributed by atoms with Crippen LogP contribution in [-0.4, -0.2) is 23.0 Å². The van der Waals surface area contributed by atoms with Crippen molar-refractivity contribution in [3.05, 3.63) is 81.1 Å². The maximum atomic E-state index is 12.6. The molecule has 0 fully saturated rings. The Hall–Kier alpha value is -3.48. The van der Waals surface area contributed by atoms with Crippen LogP contribution in [0.3, 0.4) is 0 Å². The van der Waals surface area contributed by atoms with Gasteiger partial charge in [0, 0.05) is 12.4 Å². The van der Waals surface area contributed by atoms with E-state index in [0.29, 0.717) is 22.9 Å². The van der Waals surface area contributed by atoms with E-state index in [1.165, 1.54) is 16.2 Å². The highest BCUT2D eigenvalue weighted by Gasteiger charge is 2.15. The lowest BCUT2D eigenvalue weighted by molar-refractivity contribution is 0.174. The maximum Gasteiger partial charge on any atom is 0.321 e. The zero-order valence-electron chi connectivity index (χ0n) is 14.0. The molecule has 2 heterocycles. The average molecular weight is 352 g/mol. The Morgan fingerprint density at radius 1 is 1.00 bits per heavy atom. The zero-order chi connectivity index (χ0) is 18.1. The van der Waals surface area contributed by atoms with Gasteiger partial charge in [-0.05, 0) is 29.8 Å². The normalized spacial score (nSPS) is 12.2. The zero-order valence-corrected chi connectivity index (χ0v) is 14.0. The fourth-order valence-corrected chi connectivity index (χ4v) is 2.89. The minimum Gasteiger partial charge on any atom is -0.495 e. The van der Waals surface area contributed by atoms with Gasteiger partial charge in [0.1, 0.15) is 5.75 Å². The molecule has 7 heteroatoms. The smallest absolute Gasteiger partial charge is 0.321 e. The van der Waals surface area contributed by atoms with Crippen LogP contribution < -0.4 is 25.3 Å². The Balaban J connectivity index is 1.71. The van der Waals surface area contributed by atoms with Gasteiger partial charge in [-0.3, -0.25) is 14.2 Å². The Bertz CT molecular complexity index is 1080. The third-order valence-corrected chi connectivity index (χ3v) is 4.19. The lowest BCUT2D eigenvalue weighted by Gasteiger charge is -2.12. The molecule has 0 saturated carbocycles. The monoisotopic (exact) mass is 352 g/mol. The standard InChI is InChI=1S/C19H16N2O5/c1-24-15-5-3-2-4-14(15)21-9-8-20(18(22)19(21)23)11-13-6-7-16-17(10-13)26-12-25-16/h2-10H,11-12H2,1H3. The van der Waals surface area contributed by atoms with Crippen LogP contribution in [0, 0.1) is 0 Å². The van der Waals surface area contributed by atoms with E-state index in [4.69, 9.17) is 14.2 Å². The van der Waals surface area contributed by atoms with Crippen molar-refractivity contribution >= 4 is 0 Å². The third kappa shape index (κ3) is 2.73. The van der Waals surface area contributed by atoms with Crippen molar-refractivity contribution in [2.45, 2.75) is 6.54 Å². The summed E-state index contributed by atoms with van der Waals surface area (Å²) in [5, 5.41) is 0. The van der Waals surface area contributed by atoms with Crippen LogP contribution >= 0.6 is 0 Å². The van der Waals surface area contributed by atoms with Gasteiger partial charge in [0.15, 0.2) is 11.5 Å². The van der Waals surface area contributed by atoms with Crippen molar-refractivity contribution in [2.75, 3.05) is 13.9 Å². The van der Waals surface area contributed by atoms with Gasteiger partial charge in [-0.15, -0.1) is 0 Å². The number of hydrogen-bond acceptors (Lipinski definition) is 5. The first-order valence-electron chi connectivity index (χ1n) is 8.01. The molecule has 26 heavy (non-hydrogen) atoms. The summed E-state index contributed by atoms with van der Waals surface area (Å²) in [6.45, 7) is 0.450. The Labute approximate surface area is 148 Å². The molecule has 0 saturated heterocycles. The molecule has 0 bridgehead atoms. The first-order chi connectivity index (χ1) is 12.7. The van der Waals surface area contributed by atoms with Gasteiger partial charge in [0.25, 0.3) is 0 Å². The van der Waals surface area contributed by atoms with E-state index < -0.39 is 11.1 Å². The molecule has 3 aromatic rings.